The predicted octanol–water partition coefficient (Wildman–Crippen LogP) is 1.28. The van der Waals surface area contributed by atoms with Crippen molar-refractivity contribution in [2.75, 3.05) is 0 Å². The third-order valence-corrected chi connectivity index (χ3v) is 1.96. The van der Waals surface area contributed by atoms with E-state index in [0.29, 0.717) is 0 Å². The Labute approximate surface area is 73.9 Å². The Kier molecular flexibility index (Phi) is 1.14. The van der Waals surface area contributed by atoms with E-state index in [0.717, 1.165) is 16.6 Å². The molecular weight excluding hydrogens is 164 g/mol. The van der Waals surface area contributed by atoms with E-state index < -0.39 is 0 Å². The molecule has 0 aliphatic carbocycles. The molecule has 0 fully saturated rings. The number of fused-ring (bicyclic) bond motifs is 2. The summed E-state index contributed by atoms with van der Waals surface area (Å²) in [7, 11) is 0. The number of hydrogen-bond acceptors (Lipinski definition) is 3. The lowest BCUT2D eigenvalue weighted by atomic mass is 10.3. The summed E-state index contributed by atoms with van der Waals surface area (Å²) < 4.78 is 1.74. The highest BCUT2D eigenvalue weighted by molar-refractivity contribution is 5.77. The van der Waals surface area contributed by atoms with E-state index in [2.05, 4.69) is 15.1 Å². The van der Waals surface area contributed by atoms with Gasteiger partial charge in [-0.2, -0.15) is 5.10 Å². The smallest absolute Gasteiger partial charge is 0.117 e. The molecule has 0 N–H and O–H groups in total. The highest BCUT2D eigenvalue weighted by Gasteiger charge is 1.98. The fourth-order valence-electron chi connectivity index (χ4n) is 1.35. The molecule has 0 unspecified atom stereocenters. The standard InChI is InChI=1S/C9H6N4/c1-2-8-9(11-3-1)4-7-5-10-6-13(7)12-8/h1-6H. The van der Waals surface area contributed by atoms with Crippen LogP contribution < -0.4 is 0 Å². The molecule has 13 heavy (non-hydrogen) atoms. The number of aromatic nitrogens is 4. The molecule has 0 radical (unpaired) electrons. The van der Waals surface area contributed by atoms with Gasteiger partial charge in [-0.1, -0.05) is 0 Å². The van der Waals surface area contributed by atoms with Crippen molar-refractivity contribution in [1.82, 2.24) is 19.6 Å². The fraction of sp³-hybridized carbons (Fsp3) is 0. The monoisotopic (exact) mass is 170 g/mol. The summed E-state index contributed by atoms with van der Waals surface area (Å²) in [6.45, 7) is 0. The van der Waals surface area contributed by atoms with Gasteiger partial charge in [-0.05, 0) is 18.2 Å². The van der Waals surface area contributed by atoms with Crippen LogP contribution >= 0.6 is 0 Å². The first-order chi connectivity index (χ1) is 6.43. The summed E-state index contributed by atoms with van der Waals surface area (Å²) in [6, 6.07) is 5.77. The van der Waals surface area contributed by atoms with Gasteiger partial charge >= 0.3 is 0 Å². The van der Waals surface area contributed by atoms with Crippen molar-refractivity contribution in [3.8, 4) is 0 Å². The number of rotatable bonds is 0. The molecule has 0 saturated heterocycles. The lowest BCUT2D eigenvalue weighted by Crippen LogP contribution is -1.91. The second-order valence-electron chi connectivity index (χ2n) is 2.82. The largest absolute Gasteiger partial charge is 0.254 e. The fourth-order valence-corrected chi connectivity index (χ4v) is 1.35. The second-order valence-corrected chi connectivity index (χ2v) is 2.82. The van der Waals surface area contributed by atoms with Gasteiger partial charge in [0.2, 0.25) is 0 Å². The Balaban J connectivity index is 2.57. The molecule has 0 aromatic carbocycles. The maximum Gasteiger partial charge on any atom is 0.117 e. The highest BCUT2D eigenvalue weighted by Crippen LogP contribution is 2.09. The molecule has 0 amide bonds. The van der Waals surface area contributed by atoms with Crippen molar-refractivity contribution < 1.29 is 0 Å². The van der Waals surface area contributed by atoms with Gasteiger partial charge in [0.05, 0.1) is 17.2 Å². The van der Waals surface area contributed by atoms with Gasteiger partial charge in [-0.25, -0.2) is 9.50 Å². The van der Waals surface area contributed by atoms with Crippen LogP contribution in [0.4, 0.5) is 0 Å². The minimum atomic E-state index is 0.882. The van der Waals surface area contributed by atoms with Crippen molar-refractivity contribution in [3.63, 3.8) is 0 Å². The van der Waals surface area contributed by atoms with E-state index >= 15 is 0 Å². The van der Waals surface area contributed by atoms with E-state index in [1.165, 1.54) is 0 Å². The van der Waals surface area contributed by atoms with Crippen molar-refractivity contribution in [1.29, 1.82) is 0 Å². The van der Waals surface area contributed by atoms with Crippen LogP contribution in [0, 0.1) is 0 Å². The lowest BCUT2D eigenvalue weighted by molar-refractivity contribution is 0.954. The third kappa shape index (κ3) is 0.885. The summed E-state index contributed by atoms with van der Waals surface area (Å²) in [4.78, 5) is 8.20. The molecule has 3 heterocycles. The average molecular weight is 170 g/mol. The van der Waals surface area contributed by atoms with Crippen LogP contribution in [-0.2, 0) is 0 Å². The van der Waals surface area contributed by atoms with Crippen LogP contribution in [0.15, 0.2) is 36.9 Å². The first-order valence-electron chi connectivity index (χ1n) is 3.97. The van der Waals surface area contributed by atoms with E-state index in [1.807, 2.05) is 18.2 Å². The first kappa shape index (κ1) is 6.54. The molecule has 0 aliphatic rings. The Morgan fingerprint density at radius 1 is 1.23 bits per heavy atom. The van der Waals surface area contributed by atoms with Gasteiger partial charge in [0.1, 0.15) is 11.8 Å². The zero-order valence-electron chi connectivity index (χ0n) is 6.75. The van der Waals surface area contributed by atoms with Crippen LogP contribution in [0.3, 0.4) is 0 Å². The quantitative estimate of drug-likeness (QED) is 0.510. The predicted molar refractivity (Wildman–Crippen MR) is 48.3 cm³/mol. The summed E-state index contributed by atoms with van der Waals surface area (Å²) in [6.07, 6.45) is 5.21. The normalized spacial score (nSPS) is 11.1. The minimum Gasteiger partial charge on any atom is -0.254 e. The van der Waals surface area contributed by atoms with Crippen LogP contribution in [0.5, 0.6) is 0 Å². The summed E-state index contributed by atoms with van der Waals surface area (Å²) >= 11 is 0. The maximum absolute atomic E-state index is 4.33. The van der Waals surface area contributed by atoms with E-state index in [1.54, 1.807) is 23.2 Å². The highest BCUT2D eigenvalue weighted by atomic mass is 15.2. The molecule has 4 nitrogen and oxygen atoms in total. The molecule has 0 bridgehead atoms. The Hall–Kier alpha value is -1.97. The molecule has 0 aliphatic heterocycles. The number of imidazole rings is 1. The number of hydrogen-bond donors (Lipinski definition) is 0. The Morgan fingerprint density at radius 2 is 2.23 bits per heavy atom. The van der Waals surface area contributed by atoms with E-state index in [-0.39, 0.29) is 0 Å². The summed E-state index contributed by atoms with van der Waals surface area (Å²) in [5.74, 6) is 0. The summed E-state index contributed by atoms with van der Waals surface area (Å²) in [5, 5.41) is 4.33. The van der Waals surface area contributed by atoms with Crippen molar-refractivity contribution in [2.45, 2.75) is 0 Å². The maximum atomic E-state index is 4.33. The molecule has 3 rings (SSSR count). The molecule has 0 saturated carbocycles. The molecular formula is C9H6N4. The van der Waals surface area contributed by atoms with Crippen LogP contribution in [-0.4, -0.2) is 19.6 Å². The number of nitrogens with zero attached hydrogens (tertiary/aromatic N) is 4. The van der Waals surface area contributed by atoms with Crippen molar-refractivity contribution in [3.05, 3.63) is 36.9 Å². The summed E-state index contributed by atoms with van der Waals surface area (Å²) in [5.41, 5.74) is 2.75. The Bertz CT molecular complexity index is 520. The number of pyridine rings is 1. The molecule has 3 aromatic heterocycles. The van der Waals surface area contributed by atoms with Gasteiger partial charge in [0.25, 0.3) is 0 Å². The average Bonchev–Trinajstić information content (AvgIpc) is 2.61. The van der Waals surface area contributed by atoms with Crippen LogP contribution in [0.2, 0.25) is 0 Å². The Morgan fingerprint density at radius 3 is 3.23 bits per heavy atom. The van der Waals surface area contributed by atoms with Crippen molar-refractivity contribution in [2.24, 2.45) is 0 Å². The third-order valence-electron chi connectivity index (χ3n) is 1.96. The first-order valence-corrected chi connectivity index (χ1v) is 3.97. The molecule has 3 aromatic rings. The second kappa shape index (κ2) is 2.26. The zero-order valence-corrected chi connectivity index (χ0v) is 6.75. The van der Waals surface area contributed by atoms with Gasteiger partial charge in [0.15, 0.2) is 0 Å². The van der Waals surface area contributed by atoms with Crippen molar-refractivity contribution >= 4 is 16.6 Å². The zero-order chi connectivity index (χ0) is 8.67. The lowest BCUT2D eigenvalue weighted by Gasteiger charge is -1.96. The molecule has 0 atom stereocenters. The van der Waals surface area contributed by atoms with Crippen LogP contribution in [0.1, 0.15) is 0 Å². The molecule has 4 heteroatoms. The minimum absolute atomic E-state index is 0.882. The molecule has 62 valence electrons. The van der Waals surface area contributed by atoms with Gasteiger partial charge < -0.3 is 0 Å². The van der Waals surface area contributed by atoms with Gasteiger partial charge in [-0.15, -0.1) is 0 Å². The topological polar surface area (TPSA) is 43.1 Å². The van der Waals surface area contributed by atoms with Gasteiger partial charge in [0, 0.05) is 6.20 Å². The van der Waals surface area contributed by atoms with Gasteiger partial charge in [-0.3, -0.25) is 4.98 Å². The van der Waals surface area contributed by atoms with E-state index in [4.69, 9.17) is 0 Å². The van der Waals surface area contributed by atoms with Crippen LogP contribution in [0.25, 0.3) is 16.6 Å². The molecule has 0 spiro atoms. The SMILES string of the molecule is c1cnc2cc3cncn3nc2c1. The van der Waals surface area contributed by atoms with E-state index in [9.17, 15) is 0 Å².